The number of piperidine rings is 1. The molecule has 14 heavy (non-hydrogen) atoms. The Bertz CT molecular complexity index is 208. The number of alkyl halides is 1. The maximum atomic E-state index is 11.4. The van der Waals surface area contributed by atoms with Crippen molar-refractivity contribution in [1.29, 1.82) is 0 Å². The average molecular weight is 220 g/mol. The number of likely N-dealkylation sites (tertiary alicyclic amines) is 1. The maximum absolute atomic E-state index is 11.4. The summed E-state index contributed by atoms with van der Waals surface area (Å²) in [6.07, 6.45) is 2.55. The van der Waals surface area contributed by atoms with Crippen molar-refractivity contribution in [2.75, 3.05) is 19.5 Å². The molecule has 1 rings (SSSR count). The Hall–Kier alpha value is -0.770. The van der Waals surface area contributed by atoms with Crippen LogP contribution in [-0.2, 0) is 14.3 Å². The Morgan fingerprint density at radius 1 is 1.50 bits per heavy atom. The average Bonchev–Trinajstić information content (AvgIpc) is 2.27. The van der Waals surface area contributed by atoms with Crippen LogP contribution in [0, 0.1) is 0 Å². The molecule has 1 heterocycles. The second-order valence-corrected chi connectivity index (χ2v) is 3.52. The number of ether oxygens (including phenoxy) is 1. The summed E-state index contributed by atoms with van der Waals surface area (Å²) in [6.45, 7) is 0.602. The van der Waals surface area contributed by atoms with E-state index in [4.69, 9.17) is 11.6 Å². The van der Waals surface area contributed by atoms with Crippen molar-refractivity contribution in [3.8, 4) is 0 Å². The molecule has 0 aromatic rings. The highest BCUT2D eigenvalue weighted by Crippen LogP contribution is 2.18. The Morgan fingerprint density at radius 2 is 2.21 bits per heavy atom. The molecule has 1 fully saturated rings. The van der Waals surface area contributed by atoms with Gasteiger partial charge in [0.1, 0.15) is 11.9 Å². The van der Waals surface area contributed by atoms with Crippen LogP contribution < -0.4 is 0 Å². The molecule has 1 aliphatic heterocycles. The number of esters is 1. The molecule has 0 radical (unpaired) electrons. The lowest BCUT2D eigenvalue weighted by Crippen LogP contribution is -2.48. The fraction of sp³-hybridized carbons (Fsp3) is 0.778. The monoisotopic (exact) mass is 219 g/mol. The fourth-order valence-corrected chi connectivity index (χ4v) is 1.84. The Labute approximate surface area is 88.2 Å². The number of nitrogens with zero attached hydrogens (tertiary/aromatic N) is 1. The van der Waals surface area contributed by atoms with Gasteiger partial charge in [0.15, 0.2) is 0 Å². The first-order chi connectivity index (χ1) is 6.70. The van der Waals surface area contributed by atoms with Crippen molar-refractivity contribution in [2.45, 2.75) is 25.3 Å². The normalized spacial score (nSPS) is 21.9. The van der Waals surface area contributed by atoms with Gasteiger partial charge in [-0.25, -0.2) is 4.79 Å². The standard InChI is InChI=1S/C9H14ClNO3/c1-14-9(13)7-4-2-3-5-11(7)8(12)6-10/h7H,2-6H2,1H3. The Kier molecular flexibility index (Phi) is 4.20. The molecule has 0 spiro atoms. The van der Waals surface area contributed by atoms with E-state index >= 15 is 0 Å². The minimum Gasteiger partial charge on any atom is -0.467 e. The van der Waals surface area contributed by atoms with Crippen molar-refractivity contribution in [1.82, 2.24) is 4.90 Å². The van der Waals surface area contributed by atoms with E-state index in [1.54, 1.807) is 0 Å². The predicted octanol–water partition coefficient (Wildman–Crippen LogP) is 0.779. The third kappa shape index (κ3) is 2.38. The number of carbonyl (C=O) groups excluding carboxylic acids is 2. The van der Waals surface area contributed by atoms with E-state index in [1.807, 2.05) is 0 Å². The summed E-state index contributed by atoms with van der Waals surface area (Å²) < 4.78 is 4.64. The van der Waals surface area contributed by atoms with E-state index in [0.717, 1.165) is 12.8 Å². The largest absolute Gasteiger partial charge is 0.467 e. The number of rotatable bonds is 2. The smallest absolute Gasteiger partial charge is 0.328 e. The summed E-state index contributed by atoms with van der Waals surface area (Å²) in [7, 11) is 1.33. The zero-order chi connectivity index (χ0) is 10.6. The van der Waals surface area contributed by atoms with Crippen molar-refractivity contribution in [2.24, 2.45) is 0 Å². The lowest BCUT2D eigenvalue weighted by molar-refractivity contribution is -0.153. The van der Waals surface area contributed by atoms with E-state index in [0.29, 0.717) is 13.0 Å². The first kappa shape index (κ1) is 11.3. The molecule has 4 nitrogen and oxygen atoms in total. The molecule has 1 unspecified atom stereocenters. The van der Waals surface area contributed by atoms with Crippen molar-refractivity contribution in [3.63, 3.8) is 0 Å². The second kappa shape index (κ2) is 5.20. The van der Waals surface area contributed by atoms with Gasteiger partial charge in [-0.3, -0.25) is 4.79 Å². The molecule has 0 saturated carbocycles. The maximum Gasteiger partial charge on any atom is 0.328 e. The quantitative estimate of drug-likeness (QED) is 0.509. The van der Waals surface area contributed by atoms with Crippen LogP contribution in [0.1, 0.15) is 19.3 Å². The number of hydrogen-bond acceptors (Lipinski definition) is 3. The highest BCUT2D eigenvalue weighted by Gasteiger charge is 2.32. The summed E-state index contributed by atoms with van der Waals surface area (Å²) in [5.74, 6) is -0.613. The molecule has 0 bridgehead atoms. The first-order valence-corrected chi connectivity index (χ1v) is 5.17. The highest BCUT2D eigenvalue weighted by molar-refractivity contribution is 6.27. The van der Waals surface area contributed by atoms with Crippen LogP contribution in [0.3, 0.4) is 0 Å². The molecule has 1 saturated heterocycles. The predicted molar refractivity (Wildman–Crippen MR) is 52.1 cm³/mol. The Morgan fingerprint density at radius 3 is 2.79 bits per heavy atom. The molecule has 0 aromatic carbocycles. The summed E-state index contributed by atoms with van der Waals surface area (Å²) >= 11 is 5.46. The van der Waals surface area contributed by atoms with Crippen LogP contribution in [0.2, 0.25) is 0 Å². The van der Waals surface area contributed by atoms with Gasteiger partial charge >= 0.3 is 5.97 Å². The van der Waals surface area contributed by atoms with Crippen LogP contribution in [0.5, 0.6) is 0 Å². The van der Waals surface area contributed by atoms with Gasteiger partial charge in [0.2, 0.25) is 5.91 Å². The molecular weight excluding hydrogens is 206 g/mol. The lowest BCUT2D eigenvalue weighted by atomic mass is 10.0. The topological polar surface area (TPSA) is 46.6 Å². The zero-order valence-corrected chi connectivity index (χ0v) is 8.92. The third-order valence-corrected chi connectivity index (χ3v) is 2.64. The van der Waals surface area contributed by atoms with Crippen LogP contribution >= 0.6 is 11.6 Å². The van der Waals surface area contributed by atoms with Crippen LogP contribution in [0.25, 0.3) is 0 Å². The van der Waals surface area contributed by atoms with E-state index in [1.165, 1.54) is 12.0 Å². The molecule has 1 amide bonds. The summed E-state index contributed by atoms with van der Waals surface area (Å²) in [4.78, 5) is 24.2. The number of carbonyl (C=O) groups is 2. The van der Waals surface area contributed by atoms with Gasteiger partial charge in [-0.05, 0) is 19.3 Å². The van der Waals surface area contributed by atoms with Crippen molar-refractivity contribution < 1.29 is 14.3 Å². The zero-order valence-electron chi connectivity index (χ0n) is 8.16. The van der Waals surface area contributed by atoms with E-state index in [-0.39, 0.29) is 17.8 Å². The molecule has 1 aliphatic rings. The van der Waals surface area contributed by atoms with Gasteiger partial charge in [-0.1, -0.05) is 0 Å². The molecule has 0 aromatic heterocycles. The third-order valence-electron chi connectivity index (χ3n) is 2.41. The molecule has 0 N–H and O–H groups in total. The van der Waals surface area contributed by atoms with Crippen LogP contribution in [-0.4, -0.2) is 42.4 Å². The minimum atomic E-state index is -0.431. The van der Waals surface area contributed by atoms with Crippen molar-refractivity contribution in [3.05, 3.63) is 0 Å². The van der Waals surface area contributed by atoms with Crippen LogP contribution in [0.15, 0.2) is 0 Å². The van der Waals surface area contributed by atoms with E-state index in [9.17, 15) is 9.59 Å². The molecular formula is C9H14ClNO3. The summed E-state index contributed by atoms with van der Waals surface area (Å²) in [5.41, 5.74) is 0. The van der Waals surface area contributed by atoms with Gasteiger partial charge < -0.3 is 9.64 Å². The SMILES string of the molecule is COC(=O)C1CCCCN1C(=O)CCl. The molecule has 80 valence electrons. The lowest BCUT2D eigenvalue weighted by Gasteiger charge is -2.33. The first-order valence-electron chi connectivity index (χ1n) is 4.64. The van der Waals surface area contributed by atoms with Gasteiger partial charge in [0.05, 0.1) is 7.11 Å². The summed E-state index contributed by atoms with van der Waals surface area (Å²) in [6, 6.07) is -0.431. The molecule has 0 aliphatic carbocycles. The minimum absolute atomic E-state index is 0.0759. The van der Waals surface area contributed by atoms with E-state index < -0.39 is 6.04 Å². The number of halogens is 1. The second-order valence-electron chi connectivity index (χ2n) is 3.26. The molecule has 1 atom stereocenters. The summed E-state index contributed by atoms with van der Waals surface area (Å²) in [5, 5.41) is 0. The van der Waals surface area contributed by atoms with E-state index in [2.05, 4.69) is 4.74 Å². The number of amides is 1. The fourth-order valence-electron chi connectivity index (χ4n) is 1.69. The highest BCUT2D eigenvalue weighted by atomic mass is 35.5. The van der Waals surface area contributed by atoms with Crippen molar-refractivity contribution >= 4 is 23.5 Å². The van der Waals surface area contributed by atoms with Gasteiger partial charge in [-0.2, -0.15) is 0 Å². The number of hydrogen-bond donors (Lipinski definition) is 0. The molecule has 5 heteroatoms. The van der Waals surface area contributed by atoms with Gasteiger partial charge in [0.25, 0.3) is 0 Å². The Balaban J connectivity index is 2.68. The van der Waals surface area contributed by atoms with Crippen LogP contribution in [0.4, 0.5) is 0 Å². The van der Waals surface area contributed by atoms with Gasteiger partial charge in [-0.15, -0.1) is 11.6 Å². The van der Waals surface area contributed by atoms with Gasteiger partial charge in [0, 0.05) is 6.54 Å². The number of methoxy groups -OCH3 is 1.